The van der Waals surface area contributed by atoms with E-state index in [1.807, 2.05) is 105 Å². The van der Waals surface area contributed by atoms with Crippen molar-refractivity contribution in [1.29, 1.82) is 0 Å². The number of benzene rings is 3. The summed E-state index contributed by atoms with van der Waals surface area (Å²) >= 11 is 9.85. The molecule has 2 heterocycles. The molecule has 1 N–H and O–H groups in total. The third-order valence-corrected chi connectivity index (χ3v) is 7.38. The molecule has 1 atom stereocenters. The minimum absolute atomic E-state index is 0.0972. The largest absolute Gasteiger partial charge is 0.322 e. The number of hydrogen-bond acceptors (Lipinski definition) is 2. The predicted molar refractivity (Wildman–Crippen MR) is 152 cm³/mol. The molecule has 1 aliphatic heterocycles. The normalized spacial score (nSPS) is 14.2. The number of urea groups is 1. The van der Waals surface area contributed by atoms with Gasteiger partial charge in [-0.1, -0.05) is 48.0 Å². The third-order valence-electron chi connectivity index (χ3n) is 6.46. The molecule has 188 valence electrons. The van der Waals surface area contributed by atoms with Crippen LogP contribution in [-0.4, -0.2) is 34.0 Å². The molecule has 6 nitrogen and oxygen atoms in total. The zero-order valence-electron chi connectivity index (χ0n) is 20.4. The highest BCUT2D eigenvalue weighted by molar-refractivity contribution is 9.10. The maximum absolute atomic E-state index is 14.2. The molecule has 8 heteroatoms. The number of halogens is 2. The van der Waals surface area contributed by atoms with Crippen molar-refractivity contribution in [2.24, 2.45) is 0 Å². The minimum atomic E-state index is -0.406. The summed E-state index contributed by atoms with van der Waals surface area (Å²) in [6.07, 6.45) is 2.00. The second kappa shape index (κ2) is 10.4. The summed E-state index contributed by atoms with van der Waals surface area (Å²) in [4.78, 5) is 30.8. The summed E-state index contributed by atoms with van der Waals surface area (Å²) in [5.74, 6) is -0.194. The smallest absolute Gasteiger partial charge is 0.316 e. The van der Waals surface area contributed by atoms with Gasteiger partial charge in [-0.2, -0.15) is 0 Å². The quantitative estimate of drug-likeness (QED) is 0.271. The summed E-state index contributed by atoms with van der Waals surface area (Å²) < 4.78 is 2.87. The van der Waals surface area contributed by atoms with Gasteiger partial charge in [-0.3, -0.25) is 9.69 Å². The van der Waals surface area contributed by atoms with Gasteiger partial charge in [-0.15, -0.1) is 0 Å². The minimum Gasteiger partial charge on any atom is -0.316 e. The molecule has 0 spiro atoms. The number of carbonyl (C=O) groups is 2. The number of amides is 3. The molecule has 0 unspecified atom stereocenters. The lowest BCUT2D eigenvalue weighted by Gasteiger charge is -2.40. The van der Waals surface area contributed by atoms with Gasteiger partial charge in [0.2, 0.25) is 5.91 Å². The van der Waals surface area contributed by atoms with Crippen LogP contribution in [0.25, 0.3) is 5.69 Å². The van der Waals surface area contributed by atoms with Gasteiger partial charge in [-0.25, -0.2) is 4.79 Å². The van der Waals surface area contributed by atoms with Crippen molar-refractivity contribution in [2.45, 2.75) is 25.9 Å². The van der Waals surface area contributed by atoms with Gasteiger partial charge in [0, 0.05) is 21.7 Å². The zero-order valence-corrected chi connectivity index (χ0v) is 22.8. The molecule has 37 heavy (non-hydrogen) atoms. The van der Waals surface area contributed by atoms with Crippen molar-refractivity contribution in [1.82, 2.24) is 9.47 Å². The maximum Gasteiger partial charge on any atom is 0.322 e. The highest BCUT2D eigenvalue weighted by Gasteiger charge is 2.37. The fraction of sp³-hybridized carbons (Fsp3) is 0.172. The average Bonchev–Trinajstić information content (AvgIpc) is 3.37. The highest BCUT2D eigenvalue weighted by Crippen LogP contribution is 2.42. The molecule has 4 aromatic rings. The van der Waals surface area contributed by atoms with E-state index in [1.54, 1.807) is 9.80 Å². The Labute approximate surface area is 229 Å². The first-order chi connectivity index (χ1) is 17.8. The number of nitrogens with one attached hydrogen (secondary N) is 1. The Morgan fingerprint density at radius 3 is 2.43 bits per heavy atom. The number of aromatic nitrogens is 1. The van der Waals surface area contributed by atoms with E-state index in [0.29, 0.717) is 10.7 Å². The van der Waals surface area contributed by atoms with Crippen LogP contribution in [0.1, 0.15) is 31.1 Å². The Balaban J connectivity index is 1.53. The van der Waals surface area contributed by atoms with E-state index >= 15 is 0 Å². The van der Waals surface area contributed by atoms with Crippen molar-refractivity contribution in [3.8, 4) is 5.69 Å². The first-order valence-corrected chi connectivity index (χ1v) is 13.2. The fourth-order valence-electron chi connectivity index (χ4n) is 4.71. The van der Waals surface area contributed by atoms with Crippen molar-refractivity contribution in [3.05, 3.63) is 112 Å². The van der Waals surface area contributed by atoms with E-state index in [0.717, 1.165) is 27.1 Å². The van der Waals surface area contributed by atoms with E-state index in [4.69, 9.17) is 11.6 Å². The second-order valence-corrected chi connectivity index (χ2v) is 10.4. The molecular formula is C29H26BrClN4O2. The lowest BCUT2D eigenvalue weighted by atomic mass is 9.97. The van der Waals surface area contributed by atoms with Gasteiger partial charge in [0.25, 0.3) is 0 Å². The van der Waals surface area contributed by atoms with Crippen molar-refractivity contribution in [3.63, 3.8) is 0 Å². The SMILES string of the molecule is CC(C)N(CC(=O)N1c2ccccc2-n2cccc2[C@H]1c1cccc(Cl)c1)C(=O)Nc1ccccc1Br. The molecule has 5 rings (SSSR count). The van der Waals surface area contributed by atoms with E-state index in [1.165, 1.54) is 0 Å². The van der Waals surface area contributed by atoms with Crippen molar-refractivity contribution in [2.75, 3.05) is 16.8 Å². The molecule has 0 bridgehead atoms. The molecule has 0 radical (unpaired) electrons. The van der Waals surface area contributed by atoms with Gasteiger partial charge in [0.1, 0.15) is 12.6 Å². The van der Waals surface area contributed by atoms with E-state index < -0.39 is 6.04 Å². The second-order valence-electron chi connectivity index (χ2n) is 9.14. The van der Waals surface area contributed by atoms with Gasteiger partial charge < -0.3 is 14.8 Å². The van der Waals surface area contributed by atoms with Crippen LogP contribution in [-0.2, 0) is 4.79 Å². The molecule has 3 aromatic carbocycles. The third kappa shape index (κ3) is 4.89. The van der Waals surface area contributed by atoms with E-state index in [-0.39, 0.29) is 24.5 Å². The predicted octanol–water partition coefficient (Wildman–Crippen LogP) is 7.27. The molecule has 0 saturated carbocycles. The topological polar surface area (TPSA) is 57.6 Å². The lowest BCUT2D eigenvalue weighted by Crippen LogP contribution is -2.49. The maximum atomic E-state index is 14.2. The molecule has 1 aliphatic rings. The average molecular weight is 578 g/mol. The summed E-state index contributed by atoms with van der Waals surface area (Å²) in [7, 11) is 0. The molecule has 0 aliphatic carbocycles. The molecule has 3 amide bonds. The van der Waals surface area contributed by atoms with Gasteiger partial charge in [0.15, 0.2) is 0 Å². The van der Waals surface area contributed by atoms with Crippen molar-refractivity contribution < 1.29 is 9.59 Å². The summed E-state index contributed by atoms with van der Waals surface area (Å²) in [5, 5.41) is 3.52. The van der Waals surface area contributed by atoms with Crippen LogP contribution in [0.2, 0.25) is 5.02 Å². The Morgan fingerprint density at radius 2 is 1.70 bits per heavy atom. The fourth-order valence-corrected chi connectivity index (χ4v) is 5.30. The van der Waals surface area contributed by atoms with Gasteiger partial charge in [-0.05, 0) is 83.9 Å². The van der Waals surface area contributed by atoms with Crippen LogP contribution in [0.4, 0.5) is 16.2 Å². The Bertz CT molecular complexity index is 1470. The zero-order chi connectivity index (χ0) is 26.1. The van der Waals surface area contributed by atoms with Crippen LogP contribution < -0.4 is 10.2 Å². The molecule has 1 aromatic heterocycles. The molecule has 0 saturated heterocycles. The Morgan fingerprint density at radius 1 is 0.973 bits per heavy atom. The lowest BCUT2D eigenvalue weighted by molar-refractivity contribution is -0.119. The van der Waals surface area contributed by atoms with Crippen LogP contribution in [0.15, 0.2) is 95.6 Å². The van der Waals surface area contributed by atoms with Gasteiger partial charge >= 0.3 is 6.03 Å². The Kier molecular flexibility index (Phi) is 7.09. The highest BCUT2D eigenvalue weighted by atomic mass is 79.9. The van der Waals surface area contributed by atoms with Crippen LogP contribution >= 0.6 is 27.5 Å². The summed E-state index contributed by atoms with van der Waals surface area (Å²) in [5.41, 5.74) is 4.16. The Hall–Kier alpha value is -3.55. The monoisotopic (exact) mass is 576 g/mol. The van der Waals surface area contributed by atoms with Crippen LogP contribution in [0.5, 0.6) is 0 Å². The number of fused-ring (bicyclic) bond motifs is 3. The number of anilines is 2. The number of para-hydroxylation sites is 3. The first kappa shape index (κ1) is 25.1. The number of rotatable bonds is 5. The van der Waals surface area contributed by atoms with Crippen LogP contribution in [0, 0.1) is 0 Å². The number of carbonyl (C=O) groups excluding carboxylic acids is 2. The number of hydrogen-bond donors (Lipinski definition) is 1. The molecule has 0 fully saturated rings. The summed E-state index contributed by atoms with van der Waals surface area (Å²) in [6.45, 7) is 3.70. The van der Waals surface area contributed by atoms with E-state index in [9.17, 15) is 9.59 Å². The summed E-state index contributed by atoms with van der Waals surface area (Å²) in [6, 6.07) is 25.8. The van der Waals surface area contributed by atoms with Crippen molar-refractivity contribution >= 4 is 50.8 Å². The van der Waals surface area contributed by atoms with Crippen LogP contribution in [0.3, 0.4) is 0 Å². The first-order valence-electron chi connectivity index (χ1n) is 12.0. The van der Waals surface area contributed by atoms with E-state index in [2.05, 4.69) is 25.8 Å². The number of nitrogens with zero attached hydrogens (tertiary/aromatic N) is 3. The molecular weight excluding hydrogens is 552 g/mol. The van der Waals surface area contributed by atoms with Gasteiger partial charge in [0.05, 0.1) is 22.8 Å². The standard InChI is InChI=1S/C29H26BrClN4O2/c1-19(2)34(29(37)32-23-12-4-3-11-22(23)30)18-27(36)35-25-14-6-5-13-24(25)33-16-8-15-26(33)28(35)20-9-7-10-21(31)17-20/h3-17,19,28H,18H2,1-2H3,(H,32,37)/t28-/m1/s1.